The summed E-state index contributed by atoms with van der Waals surface area (Å²) in [5, 5.41) is 15.3. The smallest absolute Gasteiger partial charge is 0.389 e. The summed E-state index contributed by atoms with van der Waals surface area (Å²) in [6, 6.07) is 3.74. The number of anilines is 1. The highest BCUT2D eigenvalue weighted by molar-refractivity contribution is 5.99. The van der Waals surface area contributed by atoms with E-state index in [1.807, 2.05) is 6.92 Å². The second-order valence-electron chi connectivity index (χ2n) is 10.7. The number of carbonyl (C=O) groups excluding carboxylic acids is 3. The van der Waals surface area contributed by atoms with Gasteiger partial charge in [0.25, 0.3) is 5.91 Å². The van der Waals surface area contributed by atoms with E-state index in [1.165, 1.54) is 29.5 Å². The average molecular weight is 557 g/mol. The van der Waals surface area contributed by atoms with Gasteiger partial charge in [0, 0.05) is 37.7 Å². The van der Waals surface area contributed by atoms with Crippen molar-refractivity contribution < 1.29 is 37.4 Å². The van der Waals surface area contributed by atoms with E-state index < -0.39 is 43.0 Å². The van der Waals surface area contributed by atoms with Crippen molar-refractivity contribution in [2.75, 3.05) is 32.1 Å². The summed E-state index contributed by atoms with van der Waals surface area (Å²) in [5.41, 5.74) is 0.263. The number of carbonyl (C=O) groups is 3. The Bertz CT molecular complexity index is 1020. The molecule has 0 aromatic heterocycles. The quantitative estimate of drug-likeness (QED) is 0.445. The summed E-state index contributed by atoms with van der Waals surface area (Å²) in [6.07, 6.45) is -1.70. The molecule has 39 heavy (non-hydrogen) atoms. The van der Waals surface area contributed by atoms with Gasteiger partial charge in [-0.1, -0.05) is 26.2 Å². The number of fused-ring (bicyclic) bond motifs is 1. The number of likely N-dealkylation sites (N-methyl/N-ethyl adjacent to an activating group) is 1. The standard InChI is InChI=1S/C27H39F3N4O5/c1-17-14-34(18(2)16-35)25(37)21-13-20(31-24(36)11-12-27(28,29)30)9-10-22(21)39-23(17)15-33(3)26(38)32-19-7-5-4-6-8-19/h9-10,13,17-19,23,35H,4-8,11-12,14-16H2,1-3H3,(H,31,36)(H,32,38)/t17-,18-,23-/m1/s1. The van der Waals surface area contributed by atoms with Crippen LogP contribution in [0.15, 0.2) is 18.2 Å². The maximum atomic E-state index is 13.5. The Labute approximate surface area is 227 Å². The van der Waals surface area contributed by atoms with Gasteiger partial charge in [0.15, 0.2) is 0 Å². The third-order valence-electron chi connectivity index (χ3n) is 7.32. The van der Waals surface area contributed by atoms with Gasteiger partial charge in [-0.3, -0.25) is 9.59 Å². The van der Waals surface area contributed by atoms with Crippen molar-refractivity contribution in [1.29, 1.82) is 0 Å². The van der Waals surface area contributed by atoms with Crippen molar-refractivity contribution >= 4 is 23.5 Å². The van der Waals surface area contributed by atoms with Gasteiger partial charge in [-0.2, -0.15) is 13.2 Å². The number of nitrogens with one attached hydrogen (secondary N) is 2. The molecule has 4 amide bonds. The van der Waals surface area contributed by atoms with Crippen LogP contribution in [0.4, 0.5) is 23.7 Å². The van der Waals surface area contributed by atoms with Gasteiger partial charge >= 0.3 is 12.2 Å². The van der Waals surface area contributed by atoms with E-state index in [0.29, 0.717) is 0 Å². The van der Waals surface area contributed by atoms with E-state index in [-0.39, 0.29) is 54.7 Å². The predicted molar refractivity (Wildman–Crippen MR) is 140 cm³/mol. The van der Waals surface area contributed by atoms with Crippen LogP contribution in [0.1, 0.15) is 69.2 Å². The number of urea groups is 1. The molecule has 2 aliphatic rings. The first-order chi connectivity index (χ1) is 18.4. The molecule has 1 aromatic carbocycles. The number of aliphatic hydroxyl groups is 1. The zero-order chi connectivity index (χ0) is 28.7. The number of aliphatic hydroxyl groups excluding tert-OH is 1. The summed E-state index contributed by atoms with van der Waals surface area (Å²) in [5.74, 6) is -1.25. The summed E-state index contributed by atoms with van der Waals surface area (Å²) >= 11 is 0. The van der Waals surface area contributed by atoms with Gasteiger partial charge in [-0.25, -0.2) is 4.79 Å². The molecule has 0 radical (unpaired) electrons. The molecule has 0 unspecified atom stereocenters. The molecule has 1 aliphatic heterocycles. The Balaban J connectivity index is 1.80. The van der Waals surface area contributed by atoms with Gasteiger partial charge in [0.2, 0.25) is 5.91 Å². The van der Waals surface area contributed by atoms with Gasteiger partial charge in [-0.05, 0) is 38.0 Å². The first-order valence-corrected chi connectivity index (χ1v) is 13.5. The highest BCUT2D eigenvalue weighted by Gasteiger charge is 2.34. The maximum Gasteiger partial charge on any atom is 0.389 e. The lowest BCUT2D eigenvalue weighted by Crippen LogP contribution is -2.52. The summed E-state index contributed by atoms with van der Waals surface area (Å²) in [7, 11) is 1.69. The molecule has 1 heterocycles. The molecule has 3 atom stereocenters. The molecular weight excluding hydrogens is 517 g/mol. The number of alkyl halides is 3. The lowest BCUT2D eigenvalue weighted by Gasteiger charge is -2.38. The minimum atomic E-state index is -4.46. The Morgan fingerprint density at radius 2 is 1.92 bits per heavy atom. The molecule has 218 valence electrons. The number of nitrogens with zero attached hydrogens (tertiary/aromatic N) is 2. The van der Waals surface area contributed by atoms with Crippen LogP contribution in [0.5, 0.6) is 5.75 Å². The van der Waals surface area contributed by atoms with Crippen molar-refractivity contribution in [2.24, 2.45) is 5.92 Å². The van der Waals surface area contributed by atoms with E-state index in [4.69, 9.17) is 4.74 Å². The van der Waals surface area contributed by atoms with Gasteiger partial charge in [0.1, 0.15) is 11.9 Å². The SMILES string of the molecule is C[C@@H]1CN([C@H](C)CO)C(=O)c2cc(NC(=O)CCC(F)(F)F)ccc2O[C@@H]1CN(C)C(=O)NC1CCCCC1. The fourth-order valence-corrected chi connectivity index (χ4v) is 4.88. The molecule has 3 rings (SSSR count). The van der Waals surface area contributed by atoms with E-state index in [0.717, 1.165) is 25.7 Å². The van der Waals surface area contributed by atoms with E-state index >= 15 is 0 Å². The Kier molecular flexibility index (Phi) is 10.5. The molecular formula is C27H39F3N4O5. The van der Waals surface area contributed by atoms with Crippen molar-refractivity contribution in [3.8, 4) is 5.75 Å². The fraction of sp³-hybridized carbons (Fsp3) is 0.667. The highest BCUT2D eigenvalue weighted by Crippen LogP contribution is 2.31. The average Bonchev–Trinajstić information content (AvgIpc) is 2.89. The van der Waals surface area contributed by atoms with Crippen molar-refractivity contribution in [3.63, 3.8) is 0 Å². The Hall–Kier alpha value is -3.02. The van der Waals surface area contributed by atoms with Crippen LogP contribution in [0.2, 0.25) is 0 Å². The molecule has 9 nitrogen and oxygen atoms in total. The number of rotatable bonds is 8. The van der Waals surface area contributed by atoms with Crippen molar-refractivity contribution in [3.05, 3.63) is 23.8 Å². The molecule has 0 saturated heterocycles. The maximum absolute atomic E-state index is 13.5. The molecule has 1 saturated carbocycles. The topological polar surface area (TPSA) is 111 Å². The Morgan fingerprint density at radius 3 is 2.56 bits per heavy atom. The summed E-state index contributed by atoms with van der Waals surface area (Å²) in [4.78, 5) is 41.5. The van der Waals surface area contributed by atoms with Crippen LogP contribution in [0, 0.1) is 5.92 Å². The first-order valence-electron chi connectivity index (χ1n) is 13.5. The van der Waals surface area contributed by atoms with Gasteiger partial charge in [0.05, 0.1) is 31.2 Å². The third-order valence-corrected chi connectivity index (χ3v) is 7.32. The summed E-state index contributed by atoms with van der Waals surface area (Å²) in [6.45, 7) is 3.81. The van der Waals surface area contributed by atoms with E-state index in [1.54, 1.807) is 18.9 Å². The molecule has 1 aromatic rings. The zero-order valence-electron chi connectivity index (χ0n) is 22.7. The largest absolute Gasteiger partial charge is 0.487 e. The monoisotopic (exact) mass is 556 g/mol. The van der Waals surface area contributed by atoms with Crippen LogP contribution in [-0.4, -0.2) is 83.9 Å². The summed E-state index contributed by atoms with van der Waals surface area (Å²) < 4.78 is 43.7. The molecule has 3 N–H and O–H groups in total. The van der Waals surface area contributed by atoms with E-state index in [2.05, 4.69) is 10.6 Å². The van der Waals surface area contributed by atoms with Crippen LogP contribution >= 0.6 is 0 Å². The third kappa shape index (κ3) is 8.74. The number of hydrogen-bond donors (Lipinski definition) is 3. The highest BCUT2D eigenvalue weighted by atomic mass is 19.4. The number of ether oxygens (including phenoxy) is 1. The van der Waals surface area contributed by atoms with E-state index in [9.17, 15) is 32.7 Å². The van der Waals surface area contributed by atoms with Crippen LogP contribution < -0.4 is 15.4 Å². The van der Waals surface area contributed by atoms with Crippen LogP contribution in [-0.2, 0) is 4.79 Å². The van der Waals surface area contributed by atoms with Crippen molar-refractivity contribution in [2.45, 2.75) is 83.2 Å². The normalized spacial score (nSPS) is 21.2. The minimum absolute atomic E-state index is 0.107. The van der Waals surface area contributed by atoms with Crippen LogP contribution in [0.3, 0.4) is 0 Å². The number of hydrogen-bond acceptors (Lipinski definition) is 5. The first kappa shape index (κ1) is 30.5. The molecule has 12 heteroatoms. The molecule has 0 bridgehead atoms. The fourth-order valence-electron chi connectivity index (χ4n) is 4.88. The second kappa shape index (κ2) is 13.4. The van der Waals surface area contributed by atoms with Gasteiger partial charge in [-0.15, -0.1) is 0 Å². The number of benzene rings is 1. The van der Waals surface area contributed by atoms with Crippen molar-refractivity contribution in [1.82, 2.24) is 15.1 Å². The lowest BCUT2D eigenvalue weighted by molar-refractivity contribution is -0.142. The molecule has 1 aliphatic carbocycles. The second-order valence-corrected chi connectivity index (χ2v) is 10.7. The minimum Gasteiger partial charge on any atom is -0.487 e. The number of halogens is 3. The molecule has 1 fully saturated rings. The van der Waals surface area contributed by atoms with Gasteiger partial charge < -0.3 is 30.3 Å². The zero-order valence-corrected chi connectivity index (χ0v) is 22.7. The van der Waals surface area contributed by atoms with Crippen LogP contribution in [0.25, 0.3) is 0 Å². The molecule has 0 spiro atoms. The lowest BCUT2D eigenvalue weighted by atomic mass is 9.96. The predicted octanol–water partition coefficient (Wildman–Crippen LogP) is 4.16. The number of amides is 4. The Morgan fingerprint density at radius 1 is 1.23 bits per heavy atom.